The Bertz CT molecular complexity index is 838. The van der Waals surface area contributed by atoms with Gasteiger partial charge in [-0.15, -0.1) is 0 Å². The lowest BCUT2D eigenvalue weighted by Crippen LogP contribution is -1.99. The van der Waals surface area contributed by atoms with Crippen LogP contribution in [0.15, 0.2) is 36.4 Å². The molecule has 0 aliphatic carbocycles. The van der Waals surface area contributed by atoms with Gasteiger partial charge in [-0.25, -0.2) is 9.13 Å². The number of phenolic OH excluding ortho intramolecular Hbond substituents is 1. The largest absolute Gasteiger partial charge is 0.536 e. The summed E-state index contributed by atoms with van der Waals surface area (Å²) < 4.78 is 31.2. The topological polar surface area (TPSA) is 134 Å². The van der Waals surface area contributed by atoms with E-state index in [9.17, 15) is 19.1 Å². The summed E-state index contributed by atoms with van der Waals surface area (Å²) in [7, 11) is -10.4. The molecular weight excluding hydrogens is 358 g/mol. The second-order valence-electron chi connectivity index (χ2n) is 5.05. The highest BCUT2D eigenvalue weighted by molar-refractivity contribution is 7.60. The average Bonchev–Trinajstić information content (AvgIpc) is 2.38. The maximum Gasteiger partial charge on any atom is 0.536 e. The zero-order valence-corrected chi connectivity index (χ0v) is 14.6. The van der Waals surface area contributed by atoms with Crippen LogP contribution in [0.5, 0.6) is 11.5 Å². The summed E-state index contributed by atoms with van der Waals surface area (Å²) in [5.41, 5.74) is 2.23. The third-order valence-corrected chi connectivity index (χ3v) is 5.26. The van der Waals surface area contributed by atoms with Gasteiger partial charge in [0.1, 0.15) is 11.5 Å². The molecule has 0 radical (unpaired) electrons. The molecule has 8 nitrogen and oxygen atoms in total. The lowest BCUT2D eigenvalue weighted by molar-refractivity contribution is 0.229. The van der Waals surface area contributed by atoms with Gasteiger partial charge in [0, 0.05) is 0 Å². The molecule has 2 rings (SSSR count). The Balaban J connectivity index is 2.57. The molecule has 0 heterocycles. The highest BCUT2D eigenvalue weighted by atomic mass is 31.3. The fraction of sp³-hybridized carbons (Fsp3) is 0.143. The van der Waals surface area contributed by atoms with E-state index in [0.29, 0.717) is 5.56 Å². The number of rotatable bonds is 5. The molecule has 2 aromatic rings. The number of phosphoric acid groups is 2. The highest BCUT2D eigenvalue weighted by Gasteiger charge is 2.35. The first kappa shape index (κ1) is 18.7. The molecule has 1 atom stereocenters. The quantitative estimate of drug-likeness (QED) is 0.586. The van der Waals surface area contributed by atoms with Crippen molar-refractivity contribution in [2.75, 3.05) is 0 Å². The molecule has 24 heavy (non-hydrogen) atoms. The van der Waals surface area contributed by atoms with Gasteiger partial charge in [-0.1, -0.05) is 24.3 Å². The fourth-order valence-corrected chi connectivity index (χ4v) is 3.94. The molecule has 0 aliphatic heterocycles. The van der Waals surface area contributed by atoms with E-state index >= 15 is 0 Å². The minimum atomic E-state index is -5.24. The Morgan fingerprint density at radius 1 is 0.875 bits per heavy atom. The maximum absolute atomic E-state index is 11.8. The van der Waals surface area contributed by atoms with E-state index in [0.717, 1.165) is 11.1 Å². The van der Waals surface area contributed by atoms with Crippen LogP contribution < -0.4 is 4.52 Å². The van der Waals surface area contributed by atoms with Crippen LogP contribution in [0.3, 0.4) is 0 Å². The first-order valence-corrected chi connectivity index (χ1v) is 9.70. The van der Waals surface area contributed by atoms with E-state index in [2.05, 4.69) is 4.31 Å². The van der Waals surface area contributed by atoms with E-state index in [1.807, 2.05) is 6.07 Å². The van der Waals surface area contributed by atoms with Crippen molar-refractivity contribution in [1.29, 1.82) is 0 Å². The van der Waals surface area contributed by atoms with Crippen LogP contribution >= 0.6 is 15.6 Å². The fourth-order valence-electron chi connectivity index (χ4n) is 2.33. The van der Waals surface area contributed by atoms with E-state index in [1.54, 1.807) is 26.0 Å². The third kappa shape index (κ3) is 4.45. The summed E-state index contributed by atoms with van der Waals surface area (Å²) in [5, 5.41) is 10.2. The molecule has 0 saturated carbocycles. The van der Waals surface area contributed by atoms with Gasteiger partial charge in [-0.3, -0.25) is 4.89 Å². The number of aryl methyl sites for hydroxylation is 2. The van der Waals surface area contributed by atoms with Crippen molar-refractivity contribution in [2.24, 2.45) is 0 Å². The molecule has 0 bridgehead atoms. The number of aromatic hydroxyl groups is 1. The Labute approximate surface area is 138 Å². The number of phenols is 1. The Hall–Kier alpha value is -1.66. The summed E-state index contributed by atoms with van der Waals surface area (Å²) in [5.74, 6) is -0.465. The molecule has 0 amide bonds. The van der Waals surface area contributed by atoms with E-state index < -0.39 is 15.6 Å². The van der Waals surface area contributed by atoms with Crippen LogP contribution in [-0.2, 0) is 13.4 Å². The summed E-state index contributed by atoms with van der Waals surface area (Å²) in [4.78, 5) is 26.9. The number of phosphoric ester groups is 1. The zero-order valence-electron chi connectivity index (χ0n) is 12.8. The van der Waals surface area contributed by atoms with Crippen LogP contribution in [0.2, 0.25) is 0 Å². The minimum Gasteiger partial charge on any atom is -0.507 e. The molecule has 0 aromatic heterocycles. The van der Waals surface area contributed by atoms with Crippen molar-refractivity contribution in [3.63, 3.8) is 0 Å². The van der Waals surface area contributed by atoms with Crippen molar-refractivity contribution >= 4 is 15.6 Å². The van der Waals surface area contributed by atoms with Crippen molar-refractivity contribution in [2.45, 2.75) is 13.8 Å². The SMILES string of the molecule is Cc1cccc(C)c1-c1c(O)cccc1OP(=O)(O)OP(=O)(O)O. The monoisotopic (exact) mass is 374 g/mol. The number of hydrogen-bond donors (Lipinski definition) is 4. The predicted octanol–water partition coefficient (Wildman–Crippen LogP) is 3.26. The van der Waals surface area contributed by atoms with Gasteiger partial charge < -0.3 is 19.4 Å². The van der Waals surface area contributed by atoms with Gasteiger partial charge in [-0.05, 0) is 42.7 Å². The van der Waals surface area contributed by atoms with Crippen LogP contribution in [0.4, 0.5) is 0 Å². The van der Waals surface area contributed by atoms with Crippen molar-refractivity contribution in [1.82, 2.24) is 0 Å². The van der Waals surface area contributed by atoms with Gasteiger partial charge in [0.2, 0.25) is 0 Å². The van der Waals surface area contributed by atoms with E-state index in [4.69, 9.17) is 14.3 Å². The van der Waals surface area contributed by atoms with Crippen molar-refractivity contribution in [3.05, 3.63) is 47.5 Å². The molecule has 4 N–H and O–H groups in total. The van der Waals surface area contributed by atoms with Crippen LogP contribution in [0.1, 0.15) is 11.1 Å². The lowest BCUT2D eigenvalue weighted by atomic mass is 9.94. The maximum atomic E-state index is 11.8. The molecule has 0 aliphatic rings. The van der Waals surface area contributed by atoms with E-state index in [-0.39, 0.29) is 17.1 Å². The highest BCUT2D eigenvalue weighted by Crippen LogP contribution is 2.58. The van der Waals surface area contributed by atoms with Gasteiger partial charge in [0.05, 0.1) is 5.56 Å². The molecule has 10 heteroatoms. The zero-order chi connectivity index (χ0) is 18.1. The van der Waals surface area contributed by atoms with Crippen LogP contribution in [-0.4, -0.2) is 19.8 Å². The Morgan fingerprint density at radius 3 is 1.96 bits per heavy atom. The van der Waals surface area contributed by atoms with Gasteiger partial charge >= 0.3 is 15.6 Å². The second kappa shape index (κ2) is 6.69. The second-order valence-corrected chi connectivity index (χ2v) is 7.80. The molecule has 1 unspecified atom stereocenters. The van der Waals surface area contributed by atoms with Crippen LogP contribution in [0, 0.1) is 13.8 Å². The summed E-state index contributed by atoms with van der Waals surface area (Å²) in [6.45, 7) is 3.56. The van der Waals surface area contributed by atoms with Gasteiger partial charge in [0.25, 0.3) is 0 Å². The third-order valence-electron chi connectivity index (χ3n) is 3.16. The predicted molar refractivity (Wildman–Crippen MR) is 86.6 cm³/mol. The lowest BCUT2D eigenvalue weighted by Gasteiger charge is -2.18. The molecule has 0 saturated heterocycles. The average molecular weight is 374 g/mol. The first-order chi connectivity index (χ1) is 11.0. The van der Waals surface area contributed by atoms with Crippen molar-refractivity contribution < 1.29 is 37.8 Å². The molecule has 130 valence electrons. The number of benzene rings is 2. The van der Waals surface area contributed by atoms with E-state index in [1.165, 1.54) is 18.2 Å². The summed E-state index contributed by atoms with van der Waals surface area (Å²) in [6.07, 6.45) is 0. The standard InChI is InChI=1S/C14H16O8P2/c1-9-5-3-6-10(2)13(9)14-11(15)7-4-8-12(14)21-24(19,20)22-23(16,17)18/h3-8,15H,1-2H3,(H,19,20)(H2,16,17,18). The molecule has 0 spiro atoms. The van der Waals surface area contributed by atoms with Crippen LogP contribution in [0.25, 0.3) is 11.1 Å². The van der Waals surface area contributed by atoms with Gasteiger partial charge in [0.15, 0.2) is 0 Å². The minimum absolute atomic E-state index is 0.122. The first-order valence-electron chi connectivity index (χ1n) is 6.68. The number of hydrogen-bond acceptors (Lipinski definition) is 5. The Kier molecular flexibility index (Phi) is 5.20. The molecule has 0 fully saturated rings. The summed E-state index contributed by atoms with van der Waals surface area (Å²) in [6, 6.07) is 9.38. The normalized spacial score (nSPS) is 14.2. The summed E-state index contributed by atoms with van der Waals surface area (Å²) >= 11 is 0. The smallest absolute Gasteiger partial charge is 0.507 e. The van der Waals surface area contributed by atoms with Crippen molar-refractivity contribution in [3.8, 4) is 22.6 Å². The van der Waals surface area contributed by atoms with Gasteiger partial charge in [-0.2, -0.15) is 4.31 Å². The Morgan fingerprint density at radius 2 is 1.42 bits per heavy atom. The molecule has 2 aromatic carbocycles. The molecular formula is C14H16O8P2.